The van der Waals surface area contributed by atoms with Crippen LogP contribution in [0.5, 0.6) is 0 Å². The zero-order valence-electron chi connectivity index (χ0n) is 10.2. The Bertz CT molecular complexity index is 633. The van der Waals surface area contributed by atoms with Crippen molar-refractivity contribution in [3.05, 3.63) is 29.6 Å². The summed E-state index contributed by atoms with van der Waals surface area (Å²) >= 11 is 0. The van der Waals surface area contributed by atoms with Crippen molar-refractivity contribution < 1.29 is 19.4 Å². The quantitative estimate of drug-likeness (QED) is 0.795. The Morgan fingerprint density at radius 3 is 2.63 bits per heavy atom. The average Bonchev–Trinajstić information content (AvgIpc) is 2.80. The third-order valence-electron chi connectivity index (χ3n) is 2.46. The number of nitrogens with zero attached hydrogens (tertiary/aromatic N) is 4. The van der Waals surface area contributed by atoms with E-state index in [0.717, 1.165) is 4.68 Å². The van der Waals surface area contributed by atoms with Crippen molar-refractivity contribution in [2.75, 3.05) is 7.11 Å². The van der Waals surface area contributed by atoms with Gasteiger partial charge in [0.15, 0.2) is 5.69 Å². The van der Waals surface area contributed by atoms with Crippen molar-refractivity contribution in [3.8, 4) is 11.4 Å². The van der Waals surface area contributed by atoms with E-state index in [1.807, 2.05) is 0 Å². The molecule has 0 spiro atoms. The van der Waals surface area contributed by atoms with Gasteiger partial charge in [-0.2, -0.15) is 0 Å². The first-order valence-corrected chi connectivity index (χ1v) is 5.22. The lowest BCUT2D eigenvalue weighted by Gasteiger charge is -2.01. The fourth-order valence-electron chi connectivity index (χ4n) is 1.54. The molecule has 2 rings (SSSR count). The largest absolute Gasteiger partial charge is 0.476 e. The Morgan fingerprint density at radius 2 is 2.11 bits per heavy atom. The number of aromatic nitrogens is 4. The molecule has 0 atom stereocenters. The first-order chi connectivity index (χ1) is 9.04. The van der Waals surface area contributed by atoms with Crippen molar-refractivity contribution in [2.45, 2.75) is 0 Å². The van der Waals surface area contributed by atoms with Crippen molar-refractivity contribution >= 4 is 11.9 Å². The Hall–Kier alpha value is -2.77. The lowest BCUT2D eigenvalue weighted by atomic mass is 10.2. The first-order valence-electron chi connectivity index (χ1n) is 5.22. The van der Waals surface area contributed by atoms with Crippen molar-refractivity contribution in [1.29, 1.82) is 0 Å². The molecular weight excluding hydrogens is 252 g/mol. The van der Waals surface area contributed by atoms with Crippen molar-refractivity contribution in [1.82, 2.24) is 20.0 Å². The molecule has 8 heteroatoms. The van der Waals surface area contributed by atoms with Crippen LogP contribution in [-0.2, 0) is 11.8 Å². The third kappa shape index (κ3) is 2.28. The molecule has 8 nitrogen and oxygen atoms in total. The predicted molar refractivity (Wildman–Crippen MR) is 62.5 cm³/mol. The van der Waals surface area contributed by atoms with E-state index in [0.29, 0.717) is 5.69 Å². The number of esters is 1. The van der Waals surface area contributed by atoms with E-state index in [1.54, 1.807) is 0 Å². The molecule has 98 valence electrons. The molecule has 0 aliphatic carbocycles. The van der Waals surface area contributed by atoms with Crippen LogP contribution in [0, 0.1) is 0 Å². The number of pyridine rings is 1. The molecular formula is C11H10N4O4. The average molecular weight is 262 g/mol. The highest BCUT2D eigenvalue weighted by Crippen LogP contribution is 2.18. The molecule has 0 saturated carbocycles. The van der Waals surface area contributed by atoms with Crippen LogP contribution in [0.4, 0.5) is 0 Å². The SMILES string of the molecule is COC(=O)c1ccc(-c2nnn(C)c2C(=O)O)nc1. The summed E-state index contributed by atoms with van der Waals surface area (Å²) in [5.41, 5.74) is 0.662. The minimum atomic E-state index is -1.15. The molecule has 0 fully saturated rings. The van der Waals surface area contributed by atoms with Gasteiger partial charge in [-0.25, -0.2) is 14.3 Å². The second kappa shape index (κ2) is 4.84. The number of methoxy groups -OCH3 is 1. The van der Waals surface area contributed by atoms with E-state index in [1.165, 1.54) is 32.5 Å². The van der Waals surface area contributed by atoms with Gasteiger partial charge in [0.05, 0.1) is 18.4 Å². The van der Waals surface area contributed by atoms with E-state index in [9.17, 15) is 9.59 Å². The molecule has 0 saturated heterocycles. The van der Waals surface area contributed by atoms with Gasteiger partial charge in [0, 0.05) is 13.2 Å². The lowest BCUT2D eigenvalue weighted by molar-refractivity contribution is 0.0599. The zero-order valence-corrected chi connectivity index (χ0v) is 10.2. The summed E-state index contributed by atoms with van der Waals surface area (Å²) in [6.45, 7) is 0. The number of aromatic carboxylic acids is 1. The highest BCUT2D eigenvalue weighted by atomic mass is 16.5. The van der Waals surface area contributed by atoms with Gasteiger partial charge in [0.25, 0.3) is 0 Å². The molecule has 1 N–H and O–H groups in total. The summed E-state index contributed by atoms with van der Waals surface area (Å²) in [7, 11) is 2.74. The van der Waals surface area contributed by atoms with Crippen LogP contribution in [0.3, 0.4) is 0 Å². The Labute approximate surface area is 107 Å². The lowest BCUT2D eigenvalue weighted by Crippen LogP contribution is -2.07. The van der Waals surface area contributed by atoms with E-state index in [4.69, 9.17) is 5.11 Å². The van der Waals surface area contributed by atoms with E-state index in [2.05, 4.69) is 20.0 Å². The van der Waals surface area contributed by atoms with Crippen LogP contribution in [0.15, 0.2) is 18.3 Å². The molecule has 2 heterocycles. The number of carboxylic acids is 1. The second-order valence-corrected chi connectivity index (χ2v) is 3.64. The maximum atomic E-state index is 11.3. The number of aryl methyl sites for hydroxylation is 1. The molecule has 0 aliphatic heterocycles. The summed E-state index contributed by atoms with van der Waals surface area (Å²) in [4.78, 5) is 26.3. The van der Waals surface area contributed by atoms with Gasteiger partial charge in [-0.15, -0.1) is 5.10 Å². The summed E-state index contributed by atoms with van der Waals surface area (Å²) in [6, 6.07) is 2.97. The number of hydrogen-bond donors (Lipinski definition) is 1. The fourth-order valence-corrected chi connectivity index (χ4v) is 1.54. The molecule has 0 aromatic carbocycles. The number of carboxylic acid groups (broad SMARTS) is 1. The molecule has 2 aromatic heterocycles. The highest BCUT2D eigenvalue weighted by molar-refractivity contribution is 5.93. The number of rotatable bonds is 3. The summed E-state index contributed by atoms with van der Waals surface area (Å²) in [5, 5.41) is 16.5. The van der Waals surface area contributed by atoms with E-state index < -0.39 is 11.9 Å². The van der Waals surface area contributed by atoms with Crippen LogP contribution in [0.1, 0.15) is 20.8 Å². The van der Waals surface area contributed by atoms with Gasteiger partial charge in [-0.1, -0.05) is 5.21 Å². The number of ether oxygens (including phenoxy) is 1. The van der Waals surface area contributed by atoms with Crippen molar-refractivity contribution in [3.63, 3.8) is 0 Å². The number of carbonyl (C=O) groups excluding carboxylic acids is 1. The molecule has 0 bridgehead atoms. The predicted octanol–water partition coefficient (Wildman–Crippen LogP) is 0.362. The van der Waals surface area contributed by atoms with Gasteiger partial charge >= 0.3 is 11.9 Å². The maximum Gasteiger partial charge on any atom is 0.356 e. The van der Waals surface area contributed by atoms with Crippen LogP contribution in [0.25, 0.3) is 11.4 Å². The smallest absolute Gasteiger partial charge is 0.356 e. The molecule has 0 aliphatic rings. The minimum absolute atomic E-state index is 0.0710. The molecule has 2 aromatic rings. The maximum absolute atomic E-state index is 11.3. The summed E-state index contributed by atoms with van der Waals surface area (Å²) < 4.78 is 5.69. The molecule has 19 heavy (non-hydrogen) atoms. The number of hydrogen-bond acceptors (Lipinski definition) is 6. The topological polar surface area (TPSA) is 107 Å². The third-order valence-corrected chi connectivity index (χ3v) is 2.46. The van der Waals surface area contributed by atoms with Gasteiger partial charge in [0.1, 0.15) is 5.69 Å². The fraction of sp³-hybridized carbons (Fsp3) is 0.182. The van der Waals surface area contributed by atoms with Gasteiger partial charge < -0.3 is 9.84 Å². The Balaban J connectivity index is 2.43. The van der Waals surface area contributed by atoms with Gasteiger partial charge in [-0.05, 0) is 12.1 Å². The minimum Gasteiger partial charge on any atom is -0.476 e. The first kappa shape index (κ1) is 12.7. The summed E-state index contributed by atoms with van der Waals surface area (Å²) in [6.07, 6.45) is 1.29. The Kier molecular flexibility index (Phi) is 3.23. The van der Waals surface area contributed by atoms with Crippen LogP contribution in [0.2, 0.25) is 0 Å². The standard InChI is InChI=1S/C11H10N4O4/c1-15-9(10(16)17)8(13-14-15)7-4-3-6(5-12-7)11(18)19-2/h3-5H,1-2H3,(H,16,17). The van der Waals surface area contributed by atoms with Crippen LogP contribution < -0.4 is 0 Å². The normalized spacial score (nSPS) is 10.2. The van der Waals surface area contributed by atoms with E-state index >= 15 is 0 Å². The zero-order chi connectivity index (χ0) is 14.0. The van der Waals surface area contributed by atoms with Crippen LogP contribution >= 0.6 is 0 Å². The van der Waals surface area contributed by atoms with Crippen molar-refractivity contribution in [2.24, 2.45) is 7.05 Å². The monoisotopic (exact) mass is 262 g/mol. The molecule has 0 unspecified atom stereocenters. The number of carbonyl (C=O) groups is 2. The second-order valence-electron chi connectivity index (χ2n) is 3.64. The van der Waals surface area contributed by atoms with Gasteiger partial charge in [-0.3, -0.25) is 4.98 Å². The molecule has 0 radical (unpaired) electrons. The van der Waals surface area contributed by atoms with E-state index in [-0.39, 0.29) is 17.0 Å². The summed E-state index contributed by atoms with van der Waals surface area (Å²) in [5.74, 6) is -1.67. The Morgan fingerprint density at radius 1 is 1.37 bits per heavy atom. The van der Waals surface area contributed by atoms with Gasteiger partial charge in [0.2, 0.25) is 0 Å². The van der Waals surface area contributed by atoms with Crippen LogP contribution in [-0.4, -0.2) is 44.1 Å². The highest BCUT2D eigenvalue weighted by Gasteiger charge is 2.20. The molecule has 0 amide bonds.